The third-order valence-electron chi connectivity index (χ3n) is 2.11. The summed E-state index contributed by atoms with van der Waals surface area (Å²) in [5, 5.41) is 3.21. The molecule has 0 aliphatic carbocycles. The molecule has 0 saturated carbocycles. The zero-order valence-corrected chi connectivity index (χ0v) is 7.51. The van der Waals surface area contributed by atoms with Gasteiger partial charge in [0.2, 0.25) is 0 Å². The van der Waals surface area contributed by atoms with Gasteiger partial charge >= 0.3 is 0 Å². The number of benzene rings is 1. The van der Waals surface area contributed by atoms with Crippen LogP contribution in [0.4, 0.5) is 10.1 Å². The molecule has 1 N–H and O–H groups in total. The first kappa shape index (κ1) is 8.35. The third-order valence-corrected chi connectivity index (χ3v) is 2.11. The minimum atomic E-state index is -0.255. The lowest BCUT2D eigenvalue weighted by Crippen LogP contribution is -2.13. The summed E-state index contributed by atoms with van der Waals surface area (Å²) >= 11 is 0. The van der Waals surface area contributed by atoms with Crippen LogP contribution in [0.1, 0.15) is 6.92 Å². The molecule has 13 heavy (non-hydrogen) atoms. The van der Waals surface area contributed by atoms with Crippen molar-refractivity contribution >= 4 is 5.69 Å². The fourth-order valence-electron chi connectivity index (χ4n) is 1.34. The standard InChI is InChI=1S/C10H12FNO/c1-7-5-12-9-3-2-8(11)4-10(9)13-6-7/h2-4,7,12H,5-6H2,1H3. The SMILES string of the molecule is CC1CNc2ccc(F)cc2OC1. The highest BCUT2D eigenvalue weighted by molar-refractivity contribution is 5.56. The van der Waals surface area contributed by atoms with Gasteiger partial charge in [-0.25, -0.2) is 4.39 Å². The smallest absolute Gasteiger partial charge is 0.145 e. The Kier molecular flexibility index (Phi) is 2.08. The molecule has 1 unspecified atom stereocenters. The first-order chi connectivity index (χ1) is 6.25. The summed E-state index contributed by atoms with van der Waals surface area (Å²) in [6.45, 7) is 3.61. The maximum absolute atomic E-state index is 12.8. The molecule has 0 saturated heterocycles. The van der Waals surface area contributed by atoms with E-state index in [1.807, 2.05) is 0 Å². The maximum atomic E-state index is 12.8. The van der Waals surface area contributed by atoms with Crippen LogP contribution in [0.25, 0.3) is 0 Å². The topological polar surface area (TPSA) is 21.3 Å². The minimum absolute atomic E-state index is 0.255. The second kappa shape index (κ2) is 3.24. The van der Waals surface area contributed by atoms with Crippen molar-refractivity contribution in [3.63, 3.8) is 0 Å². The quantitative estimate of drug-likeness (QED) is 0.663. The number of anilines is 1. The van der Waals surface area contributed by atoms with E-state index in [1.165, 1.54) is 12.1 Å². The predicted octanol–water partition coefficient (Wildman–Crippen LogP) is 2.27. The van der Waals surface area contributed by atoms with E-state index in [4.69, 9.17) is 4.74 Å². The van der Waals surface area contributed by atoms with Crippen LogP contribution in [-0.2, 0) is 0 Å². The van der Waals surface area contributed by atoms with Gasteiger partial charge in [0.25, 0.3) is 0 Å². The van der Waals surface area contributed by atoms with Crippen LogP contribution in [0.2, 0.25) is 0 Å². The lowest BCUT2D eigenvalue weighted by Gasteiger charge is -2.06. The Morgan fingerprint density at radius 1 is 1.54 bits per heavy atom. The van der Waals surface area contributed by atoms with Gasteiger partial charge in [-0.1, -0.05) is 6.92 Å². The van der Waals surface area contributed by atoms with Crippen molar-refractivity contribution in [2.45, 2.75) is 6.92 Å². The summed E-state index contributed by atoms with van der Waals surface area (Å²) < 4.78 is 18.3. The molecule has 1 heterocycles. The van der Waals surface area contributed by atoms with Crippen molar-refractivity contribution in [3.05, 3.63) is 24.0 Å². The van der Waals surface area contributed by atoms with Crippen LogP contribution in [0.15, 0.2) is 18.2 Å². The Morgan fingerprint density at radius 3 is 3.23 bits per heavy atom. The molecule has 0 amide bonds. The van der Waals surface area contributed by atoms with E-state index < -0.39 is 0 Å². The monoisotopic (exact) mass is 181 g/mol. The highest BCUT2D eigenvalue weighted by Gasteiger charge is 2.12. The summed E-state index contributed by atoms with van der Waals surface area (Å²) in [7, 11) is 0. The lowest BCUT2D eigenvalue weighted by molar-refractivity contribution is 0.274. The fraction of sp³-hybridized carbons (Fsp3) is 0.400. The number of ether oxygens (including phenoxy) is 1. The summed E-state index contributed by atoms with van der Waals surface area (Å²) in [5.74, 6) is 0.815. The summed E-state index contributed by atoms with van der Waals surface area (Å²) in [4.78, 5) is 0. The van der Waals surface area contributed by atoms with Gasteiger partial charge in [-0.2, -0.15) is 0 Å². The Bertz CT molecular complexity index is 314. The van der Waals surface area contributed by atoms with Gasteiger partial charge in [-0.15, -0.1) is 0 Å². The molecule has 1 atom stereocenters. The van der Waals surface area contributed by atoms with E-state index in [-0.39, 0.29) is 5.82 Å². The molecule has 1 aliphatic rings. The summed E-state index contributed by atoms with van der Waals surface area (Å²) in [5.41, 5.74) is 0.880. The molecular formula is C10H12FNO. The van der Waals surface area contributed by atoms with Crippen molar-refractivity contribution < 1.29 is 9.13 Å². The number of nitrogens with one attached hydrogen (secondary N) is 1. The van der Waals surface area contributed by atoms with Crippen molar-refractivity contribution in [2.24, 2.45) is 5.92 Å². The fourth-order valence-corrected chi connectivity index (χ4v) is 1.34. The van der Waals surface area contributed by atoms with Crippen molar-refractivity contribution in [2.75, 3.05) is 18.5 Å². The minimum Gasteiger partial charge on any atom is -0.491 e. The van der Waals surface area contributed by atoms with Crippen molar-refractivity contribution in [3.8, 4) is 5.75 Å². The van der Waals surface area contributed by atoms with Crippen LogP contribution in [0.5, 0.6) is 5.75 Å². The molecular weight excluding hydrogens is 169 g/mol. The summed E-state index contributed by atoms with van der Waals surface area (Å²) in [6, 6.07) is 4.56. The van der Waals surface area contributed by atoms with E-state index >= 15 is 0 Å². The first-order valence-electron chi connectivity index (χ1n) is 4.42. The molecule has 2 rings (SSSR count). The molecule has 0 radical (unpaired) electrons. The summed E-state index contributed by atoms with van der Waals surface area (Å²) in [6.07, 6.45) is 0. The van der Waals surface area contributed by atoms with Gasteiger partial charge in [-0.3, -0.25) is 0 Å². The molecule has 1 aliphatic heterocycles. The highest BCUT2D eigenvalue weighted by atomic mass is 19.1. The van der Waals surface area contributed by atoms with Crippen LogP contribution in [0, 0.1) is 11.7 Å². The van der Waals surface area contributed by atoms with Gasteiger partial charge in [0, 0.05) is 18.5 Å². The highest BCUT2D eigenvalue weighted by Crippen LogP contribution is 2.27. The molecule has 0 aromatic heterocycles. The lowest BCUT2D eigenvalue weighted by atomic mass is 10.2. The number of hydrogen-bond acceptors (Lipinski definition) is 2. The van der Waals surface area contributed by atoms with E-state index in [0.29, 0.717) is 18.3 Å². The van der Waals surface area contributed by atoms with Gasteiger partial charge in [0.05, 0.1) is 12.3 Å². The Labute approximate surface area is 76.7 Å². The Morgan fingerprint density at radius 2 is 2.38 bits per heavy atom. The zero-order chi connectivity index (χ0) is 9.26. The van der Waals surface area contributed by atoms with E-state index in [0.717, 1.165) is 12.2 Å². The Balaban J connectivity index is 2.30. The van der Waals surface area contributed by atoms with Crippen LogP contribution < -0.4 is 10.1 Å². The number of halogens is 1. The molecule has 3 heteroatoms. The molecule has 0 fully saturated rings. The van der Waals surface area contributed by atoms with E-state index in [1.54, 1.807) is 6.07 Å². The van der Waals surface area contributed by atoms with Crippen LogP contribution in [0.3, 0.4) is 0 Å². The number of hydrogen-bond donors (Lipinski definition) is 1. The largest absolute Gasteiger partial charge is 0.491 e. The number of rotatable bonds is 0. The second-order valence-corrected chi connectivity index (χ2v) is 3.44. The van der Waals surface area contributed by atoms with Gasteiger partial charge in [-0.05, 0) is 12.1 Å². The normalized spacial score (nSPS) is 20.9. The predicted molar refractivity (Wildman–Crippen MR) is 49.5 cm³/mol. The van der Waals surface area contributed by atoms with E-state index in [9.17, 15) is 4.39 Å². The third kappa shape index (κ3) is 1.74. The molecule has 2 nitrogen and oxygen atoms in total. The van der Waals surface area contributed by atoms with Crippen LogP contribution >= 0.6 is 0 Å². The second-order valence-electron chi connectivity index (χ2n) is 3.44. The van der Waals surface area contributed by atoms with E-state index in [2.05, 4.69) is 12.2 Å². The molecule has 1 aromatic rings. The first-order valence-corrected chi connectivity index (χ1v) is 4.42. The Hall–Kier alpha value is -1.25. The average Bonchev–Trinajstić information content (AvgIpc) is 2.29. The zero-order valence-electron chi connectivity index (χ0n) is 7.51. The molecule has 0 spiro atoms. The number of fused-ring (bicyclic) bond motifs is 1. The van der Waals surface area contributed by atoms with Crippen molar-refractivity contribution in [1.82, 2.24) is 0 Å². The van der Waals surface area contributed by atoms with Gasteiger partial charge in [0.15, 0.2) is 0 Å². The molecule has 0 bridgehead atoms. The van der Waals surface area contributed by atoms with Crippen molar-refractivity contribution in [1.29, 1.82) is 0 Å². The molecule has 70 valence electrons. The average molecular weight is 181 g/mol. The van der Waals surface area contributed by atoms with Crippen LogP contribution in [-0.4, -0.2) is 13.2 Å². The van der Waals surface area contributed by atoms with Gasteiger partial charge in [0.1, 0.15) is 11.6 Å². The maximum Gasteiger partial charge on any atom is 0.145 e. The molecule has 1 aromatic carbocycles. The van der Waals surface area contributed by atoms with Gasteiger partial charge < -0.3 is 10.1 Å².